The lowest BCUT2D eigenvalue weighted by Crippen LogP contribution is -2.31. The molecular formula is C32H25N3O5S. The molecule has 0 spiro atoms. The van der Waals surface area contributed by atoms with Crippen LogP contribution in [0, 0.1) is 11.3 Å². The number of nitrogens with zero attached hydrogens (tertiary/aromatic N) is 3. The van der Waals surface area contributed by atoms with Crippen molar-refractivity contribution in [2.45, 2.75) is 23.6 Å². The van der Waals surface area contributed by atoms with Crippen LogP contribution in [0.3, 0.4) is 0 Å². The first kappa shape index (κ1) is 27.6. The highest BCUT2D eigenvalue weighted by Gasteiger charge is 2.41. The molecular weight excluding hydrogens is 538 g/mol. The van der Waals surface area contributed by atoms with E-state index in [0.29, 0.717) is 38.8 Å². The number of pyridine rings is 1. The summed E-state index contributed by atoms with van der Waals surface area (Å²) in [5.74, 6) is -0.576. The van der Waals surface area contributed by atoms with Crippen LogP contribution in [-0.4, -0.2) is 41.7 Å². The van der Waals surface area contributed by atoms with Gasteiger partial charge >= 0.3 is 5.97 Å². The summed E-state index contributed by atoms with van der Waals surface area (Å²) in [4.78, 5) is 44.4. The standard InChI is InChI=1S/C32H25N3O5S/c1-3-40-32(38)22-9-13-23(14-10-22)35-29(36)18-28(31(35)37)41-30-26(19-33)25(20-11-15-24(39-2)16-12-20)17-27(34-30)21-7-5-4-6-8-21/h4-17,28H,3,18H2,1-2H3. The number of thioether (sulfide) groups is 1. The van der Waals surface area contributed by atoms with E-state index in [1.807, 2.05) is 60.7 Å². The van der Waals surface area contributed by atoms with Gasteiger partial charge in [0.05, 0.1) is 41.5 Å². The Morgan fingerprint density at radius 3 is 2.37 bits per heavy atom. The number of amides is 2. The molecule has 41 heavy (non-hydrogen) atoms. The number of rotatable bonds is 8. The molecule has 0 saturated carbocycles. The highest BCUT2D eigenvalue weighted by atomic mass is 32.2. The van der Waals surface area contributed by atoms with Crippen LogP contribution in [0.5, 0.6) is 5.75 Å². The van der Waals surface area contributed by atoms with Crippen molar-refractivity contribution in [3.8, 4) is 34.2 Å². The average molecular weight is 564 g/mol. The summed E-state index contributed by atoms with van der Waals surface area (Å²) >= 11 is 1.11. The van der Waals surface area contributed by atoms with E-state index in [1.54, 1.807) is 26.2 Å². The second-order valence-corrected chi connectivity index (χ2v) is 10.3. The van der Waals surface area contributed by atoms with Crippen LogP contribution in [0.25, 0.3) is 22.4 Å². The summed E-state index contributed by atoms with van der Waals surface area (Å²) in [6, 6.07) is 27.2. The molecule has 0 N–H and O–H groups in total. The van der Waals surface area contributed by atoms with Gasteiger partial charge in [-0.3, -0.25) is 9.59 Å². The second kappa shape index (κ2) is 12.1. The molecule has 1 aliphatic rings. The van der Waals surface area contributed by atoms with Crippen molar-refractivity contribution in [2.75, 3.05) is 18.6 Å². The Kier molecular flexibility index (Phi) is 8.13. The Morgan fingerprint density at radius 2 is 1.73 bits per heavy atom. The van der Waals surface area contributed by atoms with Crippen molar-refractivity contribution in [2.24, 2.45) is 0 Å². The monoisotopic (exact) mass is 563 g/mol. The van der Waals surface area contributed by atoms with Crippen molar-refractivity contribution in [1.29, 1.82) is 5.26 Å². The highest BCUT2D eigenvalue weighted by molar-refractivity contribution is 8.00. The summed E-state index contributed by atoms with van der Waals surface area (Å²) in [7, 11) is 1.59. The minimum absolute atomic E-state index is 0.0525. The Labute approximate surface area is 241 Å². The van der Waals surface area contributed by atoms with Crippen molar-refractivity contribution in [1.82, 2.24) is 4.98 Å². The molecule has 204 valence electrons. The molecule has 1 atom stereocenters. The number of benzene rings is 3. The van der Waals surface area contributed by atoms with Gasteiger partial charge in [0.1, 0.15) is 16.8 Å². The zero-order valence-corrected chi connectivity index (χ0v) is 23.2. The van der Waals surface area contributed by atoms with Crippen LogP contribution in [-0.2, 0) is 14.3 Å². The highest BCUT2D eigenvalue weighted by Crippen LogP contribution is 2.39. The molecule has 1 unspecified atom stereocenters. The quantitative estimate of drug-likeness (QED) is 0.193. The lowest BCUT2D eigenvalue weighted by Gasteiger charge is -2.16. The number of carbonyl (C=O) groups is 3. The number of hydrogen-bond acceptors (Lipinski definition) is 8. The molecule has 5 rings (SSSR count). The van der Waals surface area contributed by atoms with Crippen LogP contribution < -0.4 is 9.64 Å². The van der Waals surface area contributed by atoms with E-state index in [9.17, 15) is 19.6 Å². The van der Waals surface area contributed by atoms with Crippen LogP contribution >= 0.6 is 11.8 Å². The van der Waals surface area contributed by atoms with Gasteiger partial charge in [0.25, 0.3) is 0 Å². The topological polar surface area (TPSA) is 110 Å². The molecule has 1 fully saturated rings. The maximum absolute atomic E-state index is 13.5. The maximum atomic E-state index is 13.5. The normalized spacial score (nSPS) is 14.6. The zero-order valence-electron chi connectivity index (χ0n) is 22.4. The fraction of sp³-hybridized carbons (Fsp3) is 0.156. The smallest absolute Gasteiger partial charge is 0.338 e. The molecule has 1 saturated heterocycles. The van der Waals surface area contributed by atoms with Crippen molar-refractivity contribution < 1.29 is 23.9 Å². The van der Waals surface area contributed by atoms with E-state index in [2.05, 4.69) is 6.07 Å². The molecule has 0 bridgehead atoms. The van der Waals surface area contributed by atoms with E-state index in [1.165, 1.54) is 12.1 Å². The molecule has 4 aromatic rings. The Balaban J connectivity index is 1.50. The third kappa shape index (κ3) is 5.69. The minimum Gasteiger partial charge on any atom is -0.497 e. The molecule has 0 aliphatic carbocycles. The first-order valence-corrected chi connectivity index (χ1v) is 13.8. The van der Waals surface area contributed by atoms with Gasteiger partial charge in [-0.2, -0.15) is 5.26 Å². The van der Waals surface area contributed by atoms with E-state index in [4.69, 9.17) is 14.5 Å². The third-order valence-electron chi connectivity index (χ3n) is 6.56. The lowest BCUT2D eigenvalue weighted by molar-refractivity contribution is -0.121. The van der Waals surface area contributed by atoms with Crippen LogP contribution in [0.2, 0.25) is 0 Å². The number of nitriles is 1. The van der Waals surface area contributed by atoms with E-state index < -0.39 is 17.1 Å². The first-order chi connectivity index (χ1) is 19.9. The lowest BCUT2D eigenvalue weighted by atomic mass is 9.99. The van der Waals surface area contributed by atoms with Gasteiger partial charge in [0.2, 0.25) is 11.8 Å². The van der Waals surface area contributed by atoms with E-state index in [-0.39, 0.29) is 18.9 Å². The van der Waals surface area contributed by atoms with Crippen LogP contribution in [0.4, 0.5) is 5.69 Å². The molecule has 2 amide bonds. The summed E-state index contributed by atoms with van der Waals surface area (Å²) in [5, 5.41) is 9.82. The van der Waals surface area contributed by atoms with Gasteiger partial charge in [-0.05, 0) is 55.0 Å². The fourth-order valence-electron chi connectivity index (χ4n) is 4.53. The SMILES string of the molecule is CCOC(=O)c1ccc(N2C(=O)CC(Sc3nc(-c4ccccc4)cc(-c4ccc(OC)cc4)c3C#N)C2=O)cc1. The molecule has 0 radical (unpaired) electrons. The Morgan fingerprint density at radius 1 is 1.02 bits per heavy atom. The number of hydrogen-bond donors (Lipinski definition) is 0. The number of anilines is 1. The summed E-state index contributed by atoms with van der Waals surface area (Å²) in [6.45, 7) is 1.96. The van der Waals surface area contributed by atoms with Crippen LogP contribution in [0.1, 0.15) is 29.3 Å². The Bertz CT molecular complexity index is 1650. The van der Waals surface area contributed by atoms with Gasteiger partial charge in [0.15, 0.2) is 0 Å². The zero-order chi connectivity index (χ0) is 28.9. The van der Waals surface area contributed by atoms with Gasteiger partial charge < -0.3 is 9.47 Å². The first-order valence-electron chi connectivity index (χ1n) is 12.9. The predicted octanol–water partition coefficient (Wildman–Crippen LogP) is 5.90. The van der Waals surface area contributed by atoms with E-state index in [0.717, 1.165) is 27.8 Å². The number of esters is 1. The predicted molar refractivity (Wildman–Crippen MR) is 156 cm³/mol. The fourth-order valence-corrected chi connectivity index (χ4v) is 5.66. The summed E-state index contributed by atoms with van der Waals surface area (Å²) < 4.78 is 10.3. The summed E-state index contributed by atoms with van der Waals surface area (Å²) in [6.07, 6.45) is -0.0525. The number of ether oxygens (including phenoxy) is 2. The average Bonchev–Trinajstić information content (AvgIpc) is 3.29. The number of aromatic nitrogens is 1. The van der Waals surface area contributed by atoms with Gasteiger partial charge in [0, 0.05) is 17.5 Å². The second-order valence-electron chi connectivity index (χ2n) is 9.09. The molecule has 1 aromatic heterocycles. The largest absolute Gasteiger partial charge is 0.497 e. The number of methoxy groups -OCH3 is 1. The van der Waals surface area contributed by atoms with Gasteiger partial charge in [-0.15, -0.1) is 0 Å². The van der Waals surface area contributed by atoms with Crippen molar-refractivity contribution >= 4 is 35.2 Å². The van der Waals surface area contributed by atoms with Crippen LogP contribution in [0.15, 0.2) is 90.0 Å². The number of carbonyl (C=O) groups excluding carboxylic acids is 3. The summed E-state index contributed by atoms with van der Waals surface area (Å²) in [5.41, 5.74) is 3.95. The third-order valence-corrected chi connectivity index (χ3v) is 7.74. The maximum Gasteiger partial charge on any atom is 0.338 e. The van der Waals surface area contributed by atoms with Crippen molar-refractivity contribution in [3.05, 3.63) is 96.1 Å². The van der Waals surface area contributed by atoms with Gasteiger partial charge in [-0.25, -0.2) is 14.7 Å². The molecule has 3 aromatic carbocycles. The van der Waals surface area contributed by atoms with Crippen molar-refractivity contribution in [3.63, 3.8) is 0 Å². The Hall–Kier alpha value is -4.94. The molecule has 9 heteroatoms. The van der Waals surface area contributed by atoms with E-state index >= 15 is 0 Å². The minimum atomic E-state index is -0.776. The number of imide groups is 1. The van der Waals surface area contributed by atoms with Gasteiger partial charge in [-0.1, -0.05) is 54.2 Å². The molecule has 8 nitrogen and oxygen atoms in total. The molecule has 1 aliphatic heterocycles. The molecule has 2 heterocycles.